The first-order chi connectivity index (χ1) is 9.65. The van der Waals surface area contributed by atoms with Crippen LogP contribution in [0.2, 0.25) is 5.02 Å². The Balaban J connectivity index is 1.74. The Morgan fingerprint density at radius 1 is 1.30 bits per heavy atom. The van der Waals surface area contributed by atoms with Gasteiger partial charge in [-0.2, -0.15) is 0 Å². The molecule has 1 aromatic carbocycles. The van der Waals surface area contributed by atoms with Gasteiger partial charge in [-0.3, -0.25) is 0 Å². The summed E-state index contributed by atoms with van der Waals surface area (Å²) in [6.45, 7) is 2.59. The van der Waals surface area contributed by atoms with E-state index in [4.69, 9.17) is 11.6 Å². The molecule has 1 unspecified atom stereocenters. The highest BCUT2D eigenvalue weighted by atomic mass is 35.5. The predicted octanol–water partition coefficient (Wildman–Crippen LogP) is 4.00. The summed E-state index contributed by atoms with van der Waals surface area (Å²) >= 11 is 7.54. The molecule has 1 atom stereocenters. The molecule has 2 N–H and O–H groups in total. The third-order valence-corrected chi connectivity index (χ3v) is 4.14. The standard InChI is InChI=1S/C15H17ClN2OS/c1-11(12-4-6-13(16)7-5-12)18-15(19)17-9-8-14-3-2-10-20-14/h2-7,10-11H,8-9H2,1H3,(H2,17,18,19). The zero-order chi connectivity index (χ0) is 14.4. The van der Waals surface area contributed by atoms with E-state index < -0.39 is 0 Å². The second-order valence-corrected chi connectivity index (χ2v) is 5.97. The van der Waals surface area contributed by atoms with Gasteiger partial charge >= 0.3 is 6.03 Å². The lowest BCUT2D eigenvalue weighted by Crippen LogP contribution is -2.37. The molecule has 1 heterocycles. The van der Waals surface area contributed by atoms with Gasteiger partial charge in [0.15, 0.2) is 0 Å². The van der Waals surface area contributed by atoms with E-state index in [2.05, 4.69) is 16.7 Å². The van der Waals surface area contributed by atoms with Gasteiger partial charge in [0.2, 0.25) is 0 Å². The second kappa shape index (κ2) is 7.31. The van der Waals surface area contributed by atoms with Crippen LogP contribution in [0.1, 0.15) is 23.4 Å². The van der Waals surface area contributed by atoms with E-state index in [-0.39, 0.29) is 12.1 Å². The molecule has 0 aliphatic heterocycles. The Hall–Kier alpha value is -1.52. The number of urea groups is 1. The smallest absolute Gasteiger partial charge is 0.315 e. The van der Waals surface area contributed by atoms with Crippen molar-refractivity contribution < 1.29 is 4.79 Å². The summed E-state index contributed by atoms with van der Waals surface area (Å²) in [4.78, 5) is 13.1. The number of hydrogen-bond acceptors (Lipinski definition) is 2. The summed E-state index contributed by atoms with van der Waals surface area (Å²) in [5.74, 6) is 0. The minimum atomic E-state index is -0.149. The van der Waals surface area contributed by atoms with E-state index in [0.29, 0.717) is 11.6 Å². The minimum Gasteiger partial charge on any atom is -0.338 e. The van der Waals surface area contributed by atoms with Crippen molar-refractivity contribution in [2.75, 3.05) is 6.54 Å². The van der Waals surface area contributed by atoms with Crippen molar-refractivity contribution in [1.29, 1.82) is 0 Å². The minimum absolute atomic E-state index is 0.0472. The van der Waals surface area contributed by atoms with Crippen LogP contribution in [0.3, 0.4) is 0 Å². The molecular weight excluding hydrogens is 292 g/mol. The molecule has 106 valence electrons. The summed E-state index contributed by atoms with van der Waals surface area (Å²) < 4.78 is 0. The van der Waals surface area contributed by atoms with Gasteiger partial charge in [-0.25, -0.2) is 4.79 Å². The number of hydrogen-bond donors (Lipinski definition) is 2. The van der Waals surface area contributed by atoms with E-state index >= 15 is 0 Å². The van der Waals surface area contributed by atoms with Gasteiger partial charge in [-0.1, -0.05) is 29.8 Å². The molecule has 0 bridgehead atoms. The van der Waals surface area contributed by atoms with Crippen molar-refractivity contribution in [2.45, 2.75) is 19.4 Å². The second-order valence-electron chi connectivity index (χ2n) is 4.50. The maximum Gasteiger partial charge on any atom is 0.315 e. The number of thiophene rings is 1. The lowest BCUT2D eigenvalue weighted by molar-refractivity contribution is 0.238. The van der Waals surface area contributed by atoms with Gasteiger partial charge < -0.3 is 10.6 Å². The van der Waals surface area contributed by atoms with Crippen LogP contribution in [-0.2, 0) is 6.42 Å². The van der Waals surface area contributed by atoms with E-state index in [0.717, 1.165) is 12.0 Å². The zero-order valence-electron chi connectivity index (χ0n) is 11.2. The SMILES string of the molecule is CC(NC(=O)NCCc1cccs1)c1ccc(Cl)cc1. The van der Waals surface area contributed by atoms with Crippen LogP contribution in [0.15, 0.2) is 41.8 Å². The number of halogens is 1. The highest BCUT2D eigenvalue weighted by Gasteiger charge is 2.08. The van der Waals surface area contributed by atoms with Crippen molar-refractivity contribution in [3.05, 3.63) is 57.2 Å². The predicted molar refractivity (Wildman–Crippen MR) is 84.4 cm³/mol. The van der Waals surface area contributed by atoms with E-state index in [9.17, 15) is 4.79 Å². The first-order valence-corrected chi connectivity index (χ1v) is 7.73. The lowest BCUT2D eigenvalue weighted by atomic mass is 10.1. The molecule has 0 radical (unpaired) electrons. The molecule has 20 heavy (non-hydrogen) atoms. The number of nitrogens with one attached hydrogen (secondary N) is 2. The molecule has 0 spiro atoms. The highest BCUT2D eigenvalue weighted by molar-refractivity contribution is 7.09. The zero-order valence-corrected chi connectivity index (χ0v) is 12.8. The van der Waals surface area contributed by atoms with Crippen LogP contribution in [-0.4, -0.2) is 12.6 Å². The van der Waals surface area contributed by atoms with Gasteiger partial charge in [0.05, 0.1) is 6.04 Å². The van der Waals surface area contributed by atoms with Crippen molar-refractivity contribution in [3.8, 4) is 0 Å². The Morgan fingerprint density at radius 3 is 2.70 bits per heavy atom. The molecule has 0 aliphatic rings. The van der Waals surface area contributed by atoms with Crippen molar-refractivity contribution in [1.82, 2.24) is 10.6 Å². The normalized spacial score (nSPS) is 11.9. The molecule has 0 fully saturated rings. The maximum atomic E-state index is 11.8. The highest BCUT2D eigenvalue weighted by Crippen LogP contribution is 2.15. The quantitative estimate of drug-likeness (QED) is 0.861. The molecule has 0 aliphatic carbocycles. The number of amides is 2. The Morgan fingerprint density at radius 2 is 2.05 bits per heavy atom. The fourth-order valence-corrected chi connectivity index (χ4v) is 2.67. The fourth-order valence-electron chi connectivity index (χ4n) is 1.84. The topological polar surface area (TPSA) is 41.1 Å². The van der Waals surface area contributed by atoms with Gasteiger partial charge in [-0.15, -0.1) is 11.3 Å². The first kappa shape index (κ1) is 14.9. The molecule has 3 nitrogen and oxygen atoms in total. The van der Waals surface area contributed by atoms with Gasteiger partial charge in [0.1, 0.15) is 0 Å². The Bertz CT molecular complexity index is 540. The number of carbonyl (C=O) groups excluding carboxylic acids is 1. The molecular formula is C15H17ClN2OS. The van der Waals surface area contributed by atoms with Crippen LogP contribution >= 0.6 is 22.9 Å². The van der Waals surface area contributed by atoms with Gasteiger partial charge in [0.25, 0.3) is 0 Å². The van der Waals surface area contributed by atoms with Crippen LogP contribution < -0.4 is 10.6 Å². The van der Waals surface area contributed by atoms with Crippen LogP contribution in [0.5, 0.6) is 0 Å². The van der Waals surface area contributed by atoms with Crippen LogP contribution in [0, 0.1) is 0 Å². The van der Waals surface area contributed by atoms with Crippen LogP contribution in [0.25, 0.3) is 0 Å². The molecule has 2 rings (SSSR count). The average Bonchev–Trinajstić information content (AvgIpc) is 2.92. The van der Waals surface area contributed by atoms with E-state index in [1.807, 2.05) is 42.6 Å². The summed E-state index contributed by atoms with van der Waals surface area (Å²) in [7, 11) is 0. The maximum absolute atomic E-state index is 11.8. The third-order valence-electron chi connectivity index (χ3n) is 2.95. The van der Waals surface area contributed by atoms with Crippen molar-refractivity contribution in [2.24, 2.45) is 0 Å². The van der Waals surface area contributed by atoms with E-state index in [1.54, 1.807) is 11.3 Å². The molecule has 1 aromatic heterocycles. The van der Waals surface area contributed by atoms with Crippen molar-refractivity contribution in [3.63, 3.8) is 0 Å². The van der Waals surface area contributed by atoms with Crippen molar-refractivity contribution >= 4 is 29.0 Å². The number of rotatable bonds is 5. The van der Waals surface area contributed by atoms with E-state index in [1.165, 1.54) is 4.88 Å². The summed E-state index contributed by atoms with van der Waals surface area (Å²) in [5, 5.41) is 8.50. The third kappa shape index (κ3) is 4.54. The largest absolute Gasteiger partial charge is 0.338 e. The Kier molecular flexibility index (Phi) is 5.44. The fraction of sp³-hybridized carbons (Fsp3) is 0.267. The number of benzene rings is 1. The Labute approximate surface area is 128 Å². The summed E-state index contributed by atoms with van der Waals surface area (Å²) in [6.07, 6.45) is 0.862. The molecule has 2 amide bonds. The van der Waals surface area contributed by atoms with Gasteiger partial charge in [-0.05, 0) is 42.5 Å². The molecule has 5 heteroatoms. The monoisotopic (exact) mass is 308 g/mol. The van der Waals surface area contributed by atoms with Gasteiger partial charge in [0, 0.05) is 16.4 Å². The van der Waals surface area contributed by atoms with Crippen LogP contribution in [0.4, 0.5) is 4.79 Å². The number of carbonyl (C=O) groups is 1. The lowest BCUT2D eigenvalue weighted by Gasteiger charge is -2.15. The first-order valence-electron chi connectivity index (χ1n) is 6.47. The molecule has 0 saturated heterocycles. The average molecular weight is 309 g/mol. The molecule has 0 saturated carbocycles. The summed E-state index contributed by atoms with van der Waals surface area (Å²) in [6, 6.07) is 11.4. The molecule has 2 aromatic rings. The summed E-state index contributed by atoms with van der Waals surface area (Å²) in [5.41, 5.74) is 1.03.